The third-order valence-corrected chi connectivity index (χ3v) is 2.81. The molecule has 80 valence electrons. The van der Waals surface area contributed by atoms with Gasteiger partial charge in [-0.2, -0.15) is 0 Å². The number of methoxy groups -OCH3 is 1. The Bertz CT molecular complexity index is 226. The van der Waals surface area contributed by atoms with Crippen LogP contribution in [0.25, 0.3) is 0 Å². The Morgan fingerprint density at radius 1 is 1.64 bits per heavy atom. The number of ether oxygens (including phenoxy) is 1. The van der Waals surface area contributed by atoms with Gasteiger partial charge < -0.3 is 10.1 Å². The summed E-state index contributed by atoms with van der Waals surface area (Å²) >= 11 is 1.73. The van der Waals surface area contributed by atoms with Crippen molar-refractivity contribution in [2.75, 3.05) is 26.8 Å². The summed E-state index contributed by atoms with van der Waals surface area (Å²) in [5, 5.41) is 3.36. The Labute approximate surface area is 89.5 Å². The van der Waals surface area contributed by atoms with Crippen LogP contribution in [0.15, 0.2) is 11.7 Å². The monoisotopic (exact) mass is 214 g/mol. The van der Waals surface area contributed by atoms with Crippen LogP contribution in [0.1, 0.15) is 11.8 Å². The molecule has 0 saturated heterocycles. The Balaban J connectivity index is 2.07. The topological polar surface area (TPSA) is 34.1 Å². The summed E-state index contributed by atoms with van der Waals surface area (Å²) in [6.07, 6.45) is 3.07. The summed E-state index contributed by atoms with van der Waals surface area (Å²) in [5.74, 6) is 0.660. The quantitative estimate of drug-likeness (QED) is 0.699. The molecule has 0 aliphatic heterocycles. The zero-order valence-electron chi connectivity index (χ0n) is 8.82. The van der Waals surface area contributed by atoms with Crippen LogP contribution in [0, 0.1) is 5.92 Å². The van der Waals surface area contributed by atoms with Gasteiger partial charge in [-0.3, -0.25) is 4.98 Å². The molecule has 0 spiro atoms. The predicted molar refractivity (Wildman–Crippen MR) is 59.7 cm³/mol. The van der Waals surface area contributed by atoms with Gasteiger partial charge in [-0.15, -0.1) is 11.3 Å². The molecule has 0 saturated carbocycles. The van der Waals surface area contributed by atoms with E-state index in [4.69, 9.17) is 4.74 Å². The average molecular weight is 214 g/mol. The van der Waals surface area contributed by atoms with Crippen LogP contribution in [-0.4, -0.2) is 31.8 Å². The molecule has 1 aromatic heterocycles. The molecular formula is C10H18N2OS. The Kier molecular flexibility index (Phi) is 5.75. The first kappa shape index (κ1) is 11.6. The fraction of sp³-hybridized carbons (Fsp3) is 0.700. The second-order valence-corrected chi connectivity index (χ2v) is 4.44. The molecule has 14 heavy (non-hydrogen) atoms. The maximum atomic E-state index is 4.96. The number of thiazole rings is 1. The summed E-state index contributed by atoms with van der Waals surface area (Å²) in [5.41, 5.74) is 1.89. The van der Waals surface area contributed by atoms with Crippen molar-refractivity contribution in [3.05, 3.63) is 16.6 Å². The molecule has 0 fully saturated rings. The van der Waals surface area contributed by atoms with Crippen molar-refractivity contribution in [3.63, 3.8) is 0 Å². The zero-order valence-corrected chi connectivity index (χ0v) is 9.64. The highest BCUT2D eigenvalue weighted by Crippen LogP contribution is 2.11. The second-order valence-electron chi connectivity index (χ2n) is 3.47. The highest BCUT2D eigenvalue weighted by Gasteiger charge is 2.03. The van der Waals surface area contributed by atoms with Crippen LogP contribution < -0.4 is 5.32 Å². The van der Waals surface area contributed by atoms with Crippen molar-refractivity contribution in [2.24, 2.45) is 5.92 Å². The normalized spacial score (nSPS) is 13.0. The highest BCUT2D eigenvalue weighted by atomic mass is 32.1. The number of rotatable bonds is 7. The van der Waals surface area contributed by atoms with Gasteiger partial charge >= 0.3 is 0 Å². The SMILES string of the molecule is COCCNCC(C)Cc1cncs1. The molecule has 1 heterocycles. The molecule has 3 nitrogen and oxygen atoms in total. The lowest BCUT2D eigenvalue weighted by atomic mass is 10.1. The highest BCUT2D eigenvalue weighted by molar-refractivity contribution is 7.09. The molecule has 4 heteroatoms. The van der Waals surface area contributed by atoms with E-state index < -0.39 is 0 Å². The van der Waals surface area contributed by atoms with E-state index >= 15 is 0 Å². The third-order valence-electron chi connectivity index (χ3n) is 2.01. The van der Waals surface area contributed by atoms with Crippen molar-refractivity contribution >= 4 is 11.3 Å². The van der Waals surface area contributed by atoms with E-state index in [2.05, 4.69) is 17.2 Å². The third kappa shape index (κ3) is 4.69. The molecule has 0 bridgehead atoms. The van der Waals surface area contributed by atoms with E-state index in [1.54, 1.807) is 18.4 Å². The van der Waals surface area contributed by atoms with E-state index in [0.717, 1.165) is 26.1 Å². The molecule has 1 N–H and O–H groups in total. The summed E-state index contributed by atoms with van der Waals surface area (Å²) in [7, 11) is 1.72. The van der Waals surface area contributed by atoms with Gasteiger partial charge in [0, 0.05) is 24.7 Å². The van der Waals surface area contributed by atoms with Crippen LogP contribution in [0.5, 0.6) is 0 Å². The van der Waals surface area contributed by atoms with Gasteiger partial charge in [-0.1, -0.05) is 6.92 Å². The summed E-state index contributed by atoms with van der Waals surface area (Å²) in [6, 6.07) is 0. The number of nitrogens with zero attached hydrogens (tertiary/aromatic N) is 1. The van der Waals surface area contributed by atoms with Crippen LogP contribution in [-0.2, 0) is 11.2 Å². The lowest BCUT2D eigenvalue weighted by Gasteiger charge is -2.10. The van der Waals surface area contributed by atoms with Gasteiger partial charge in [0.2, 0.25) is 0 Å². The molecule has 0 aliphatic rings. The first-order chi connectivity index (χ1) is 6.83. The number of nitrogens with one attached hydrogen (secondary N) is 1. The van der Waals surface area contributed by atoms with Crippen molar-refractivity contribution in [1.29, 1.82) is 0 Å². The first-order valence-corrected chi connectivity index (χ1v) is 5.78. The molecule has 0 radical (unpaired) electrons. The van der Waals surface area contributed by atoms with Gasteiger partial charge in [0.25, 0.3) is 0 Å². The van der Waals surface area contributed by atoms with Crippen molar-refractivity contribution in [1.82, 2.24) is 10.3 Å². The number of aromatic nitrogens is 1. The second kappa shape index (κ2) is 6.92. The van der Waals surface area contributed by atoms with E-state index in [0.29, 0.717) is 5.92 Å². The van der Waals surface area contributed by atoms with E-state index in [-0.39, 0.29) is 0 Å². The van der Waals surface area contributed by atoms with E-state index in [9.17, 15) is 0 Å². The number of hydrogen-bond donors (Lipinski definition) is 1. The molecule has 0 amide bonds. The van der Waals surface area contributed by atoms with Crippen molar-refractivity contribution in [2.45, 2.75) is 13.3 Å². The minimum Gasteiger partial charge on any atom is -0.383 e. The number of hydrogen-bond acceptors (Lipinski definition) is 4. The lowest BCUT2D eigenvalue weighted by Crippen LogP contribution is -2.25. The summed E-state index contributed by atoms with van der Waals surface area (Å²) < 4.78 is 4.96. The summed E-state index contributed by atoms with van der Waals surface area (Å²) in [6.45, 7) is 5.01. The van der Waals surface area contributed by atoms with Crippen LogP contribution in [0.3, 0.4) is 0 Å². The zero-order chi connectivity index (χ0) is 10.2. The molecule has 1 aromatic rings. The van der Waals surface area contributed by atoms with E-state index in [1.165, 1.54) is 4.88 Å². The summed E-state index contributed by atoms with van der Waals surface area (Å²) in [4.78, 5) is 5.43. The van der Waals surface area contributed by atoms with Crippen molar-refractivity contribution < 1.29 is 4.74 Å². The maximum Gasteiger partial charge on any atom is 0.0794 e. The fourth-order valence-corrected chi connectivity index (χ4v) is 2.04. The molecular weight excluding hydrogens is 196 g/mol. The van der Waals surface area contributed by atoms with Gasteiger partial charge in [0.1, 0.15) is 0 Å². The molecule has 1 rings (SSSR count). The minimum atomic E-state index is 0.660. The van der Waals surface area contributed by atoms with Gasteiger partial charge in [0.15, 0.2) is 0 Å². The average Bonchev–Trinajstić information content (AvgIpc) is 2.65. The van der Waals surface area contributed by atoms with Crippen LogP contribution >= 0.6 is 11.3 Å². The molecule has 0 aliphatic carbocycles. The lowest BCUT2D eigenvalue weighted by molar-refractivity contribution is 0.198. The maximum absolute atomic E-state index is 4.96. The van der Waals surface area contributed by atoms with Crippen molar-refractivity contribution in [3.8, 4) is 0 Å². The fourth-order valence-electron chi connectivity index (χ4n) is 1.28. The Morgan fingerprint density at radius 3 is 3.14 bits per heavy atom. The standard InChI is InChI=1S/C10H18N2OS/c1-9(6-11-3-4-13-2)5-10-7-12-8-14-10/h7-9,11H,3-6H2,1-2H3. The minimum absolute atomic E-state index is 0.660. The van der Waals surface area contributed by atoms with Gasteiger partial charge in [-0.25, -0.2) is 0 Å². The largest absolute Gasteiger partial charge is 0.383 e. The molecule has 1 unspecified atom stereocenters. The van der Waals surface area contributed by atoms with Crippen LogP contribution in [0.2, 0.25) is 0 Å². The smallest absolute Gasteiger partial charge is 0.0794 e. The molecule has 0 aromatic carbocycles. The Morgan fingerprint density at radius 2 is 2.50 bits per heavy atom. The van der Waals surface area contributed by atoms with Gasteiger partial charge in [0.05, 0.1) is 12.1 Å². The predicted octanol–water partition coefficient (Wildman–Crippen LogP) is 1.56. The van der Waals surface area contributed by atoms with Gasteiger partial charge in [-0.05, 0) is 18.9 Å². The molecule has 1 atom stereocenters. The first-order valence-electron chi connectivity index (χ1n) is 4.90. The van der Waals surface area contributed by atoms with E-state index in [1.807, 2.05) is 11.7 Å². The van der Waals surface area contributed by atoms with Crippen LogP contribution in [0.4, 0.5) is 0 Å². The Hall–Kier alpha value is -0.450.